The van der Waals surface area contributed by atoms with Crippen molar-refractivity contribution in [1.29, 1.82) is 0 Å². The van der Waals surface area contributed by atoms with Crippen molar-refractivity contribution in [2.75, 3.05) is 33.4 Å². The Hall–Kier alpha value is -2.88. The number of rotatable bonds is 7. The van der Waals surface area contributed by atoms with E-state index in [9.17, 15) is 8.78 Å². The summed E-state index contributed by atoms with van der Waals surface area (Å²) in [6.07, 6.45) is 4.96. The van der Waals surface area contributed by atoms with Crippen molar-refractivity contribution in [3.63, 3.8) is 0 Å². The van der Waals surface area contributed by atoms with Crippen LogP contribution in [0.1, 0.15) is 12.2 Å². The molecular weight excluding hydrogens is 430 g/mol. The number of ether oxygens (including phenoxy) is 3. The van der Waals surface area contributed by atoms with Crippen molar-refractivity contribution in [1.82, 2.24) is 19.9 Å². The highest BCUT2D eigenvalue weighted by atomic mass is 19.1. The molecule has 2 aromatic heterocycles. The van der Waals surface area contributed by atoms with Gasteiger partial charge in [-0.05, 0) is 31.2 Å². The Bertz CT molecular complexity index is 1170. The van der Waals surface area contributed by atoms with Crippen molar-refractivity contribution in [2.24, 2.45) is 0 Å². The van der Waals surface area contributed by atoms with Gasteiger partial charge in [0.15, 0.2) is 0 Å². The van der Waals surface area contributed by atoms with E-state index >= 15 is 0 Å². The van der Waals surface area contributed by atoms with Gasteiger partial charge >= 0.3 is 0 Å². The Morgan fingerprint density at radius 3 is 3.00 bits per heavy atom. The second-order valence-corrected chi connectivity index (χ2v) is 8.21. The maximum absolute atomic E-state index is 14.3. The van der Waals surface area contributed by atoms with E-state index < -0.39 is 18.1 Å². The largest absolute Gasteiger partial charge is 0.485 e. The zero-order valence-corrected chi connectivity index (χ0v) is 18.3. The van der Waals surface area contributed by atoms with Gasteiger partial charge in [-0.15, -0.1) is 0 Å². The van der Waals surface area contributed by atoms with E-state index in [1.54, 1.807) is 19.4 Å². The Morgan fingerprint density at radius 2 is 2.15 bits per heavy atom. The van der Waals surface area contributed by atoms with E-state index in [2.05, 4.69) is 10.3 Å². The van der Waals surface area contributed by atoms with Crippen molar-refractivity contribution in [3.8, 4) is 17.1 Å². The molecule has 0 bridgehead atoms. The summed E-state index contributed by atoms with van der Waals surface area (Å²) in [5.41, 5.74) is 1.97. The molecule has 0 amide bonds. The van der Waals surface area contributed by atoms with Crippen LogP contribution in [-0.2, 0) is 15.9 Å². The van der Waals surface area contributed by atoms with Gasteiger partial charge in [-0.1, -0.05) is 6.07 Å². The van der Waals surface area contributed by atoms with Crippen molar-refractivity contribution < 1.29 is 23.0 Å². The van der Waals surface area contributed by atoms with E-state index in [1.165, 1.54) is 12.1 Å². The summed E-state index contributed by atoms with van der Waals surface area (Å²) in [5, 5.41) is 3.59. The fraction of sp³-hybridized carbons (Fsp3) is 0.417. The zero-order valence-electron chi connectivity index (χ0n) is 18.3. The zero-order chi connectivity index (χ0) is 22.8. The molecule has 1 saturated heterocycles. The molecule has 0 radical (unpaired) electrons. The van der Waals surface area contributed by atoms with Gasteiger partial charge in [-0.3, -0.25) is 0 Å². The van der Waals surface area contributed by atoms with Gasteiger partial charge in [0.2, 0.25) is 0 Å². The molecule has 3 atom stereocenters. The van der Waals surface area contributed by atoms with Gasteiger partial charge in [0.1, 0.15) is 35.2 Å². The summed E-state index contributed by atoms with van der Waals surface area (Å²) in [7, 11) is 1.64. The number of benzene rings is 1. The lowest BCUT2D eigenvalue weighted by Crippen LogP contribution is -2.44. The second kappa shape index (κ2) is 9.54. The molecule has 2 aliphatic heterocycles. The number of pyridine rings is 1. The second-order valence-electron chi connectivity index (χ2n) is 8.21. The normalized spacial score (nSPS) is 22.5. The van der Waals surface area contributed by atoms with Crippen LogP contribution in [0.3, 0.4) is 0 Å². The third kappa shape index (κ3) is 4.62. The molecule has 0 aliphatic carbocycles. The Balaban J connectivity index is 1.44. The number of halogens is 2. The molecule has 0 saturated carbocycles. The summed E-state index contributed by atoms with van der Waals surface area (Å²) in [5.74, 6) is 0.671. The smallest absolute Gasteiger partial charge is 0.149 e. The van der Waals surface area contributed by atoms with E-state index in [0.29, 0.717) is 49.2 Å². The van der Waals surface area contributed by atoms with Crippen LogP contribution in [0.4, 0.5) is 8.78 Å². The van der Waals surface area contributed by atoms with E-state index in [-0.39, 0.29) is 18.4 Å². The number of methoxy groups -OCH3 is 1. The third-order valence-corrected chi connectivity index (χ3v) is 5.94. The van der Waals surface area contributed by atoms with Crippen LogP contribution in [0.15, 0.2) is 36.5 Å². The molecule has 2 aliphatic rings. The number of alkyl halides is 1. The monoisotopic (exact) mass is 456 g/mol. The highest BCUT2D eigenvalue weighted by Crippen LogP contribution is 2.32. The van der Waals surface area contributed by atoms with E-state index in [4.69, 9.17) is 19.2 Å². The van der Waals surface area contributed by atoms with Gasteiger partial charge in [-0.2, -0.15) is 0 Å². The third-order valence-electron chi connectivity index (χ3n) is 5.94. The Labute approximate surface area is 190 Å². The fourth-order valence-electron chi connectivity index (χ4n) is 4.23. The predicted octanol–water partition coefficient (Wildman–Crippen LogP) is 3.37. The molecule has 1 aromatic carbocycles. The van der Waals surface area contributed by atoms with Crippen LogP contribution in [0, 0.1) is 5.82 Å². The van der Waals surface area contributed by atoms with Gasteiger partial charge in [0.05, 0.1) is 36.9 Å². The Morgan fingerprint density at radius 1 is 1.24 bits per heavy atom. The van der Waals surface area contributed by atoms with Crippen LogP contribution >= 0.6 is 0 Å². The first-order valence-electron chi connectivity index (χ1n) is 11.1. The van der Waals surface area contributed by atoms with Crippen LogP contribution in [0.5, 0.6) is 5.75 Å². The van der Waals surface area contributed by atoms with E-state index in [0.717, 1.165) is 11.5 Å². The van der Waals surface area contributed by atoms with Crippen molar-refractivity contribution in [3.05, 3.63) is 48.2 Å². The number of imidazole rings is 1. The predicted molar refractivity (Wildman–Crippen MR) is 120 cm³/mol. The molecular formula is C24H26F2N4O3. The molecule has 1 fully saturated rings. The van der Waals surface area contributed by atoms with Crippen LogP contribution in [0.2, 0.25) is 0 Å². The highest BCUT2D eigenvalue weighted by Gasteiger charge is 2.27. The minimum atomic E-state index is -1.16. The minimum absolute atomic E-state index is 0.0610. The molecule has 5 rings (SSSR count). The number of nitrogens with one attached hydrogen (secondary N) is 1. The number of nitrogens with zero attached hydrogens (tertiary/aromatic N) is 3. The Kier molecular flexibility index (Phi) is 6.34. The average molecular weight is 456 g/mol. The summed E-state index contributed by atoms with van der Waals surface area (Å²) in [4.78, 5) is 9.31. The van der Waals surface area contributed by atoms with Crippen molar-refractivity contribution in [2.45, 2.75) is 31.2 Å². The maximum atomic E-state index is 14.3. The molecule has 7 nitrogen and oxygen atoms in total. The van der Waals surface area contributed by atoms with Gasteiger partial charge < -0.3 is 24.1 Å². The molecule has 174 valence electrons. The maximum Gasteiger partial charge on any atom is 0.149 e. The number of hydrogen-bond acceptors (Lipinski definition) is 6. The standard InChI is InChI=1S/C24H26F2N4O3/c1-31-8-9-32-17-5-7-30-20(14-28-23(30)12-17)19-3-2-15-10-16(25)11-22(24(15)29-19)33-21-4-6-27-13-18(21)26/h2-3,5,7,10-11,14,17-18,21,27H,4,6,8-9,12-13H2,1H3/t17?,18-,21-/m0/s1. The first-order chi connectivity index (χ1) is 16.1. The summed E-state index contributed by atoms with van der Waals surface area (Å²) >= 11 is 0. The summed E-state index contributed by atoms with van der Waals surface area (Å²) < 4.78 is 47.3. The summed E-state index contributed by atoms with van der Waals surface area (Å²) in [6.45, 7) is 1.93. The van der Waals surface area contributed by atoms with Crippen LogP contribution in [-0.4, -0.2) is 66.3 Å². The fourth-order valence-corrected chi connectivity index (χ4v) is 4.23. The lowest BCUT2D eigenvalue weighted by molar-refractivity contribution is 0.0382. The van der Waals surface area contributed by atoms with Gasteiger partial charge in [0.25, 0.3) is 0 Å². The number of fused-ring (bicyclic) bond motifs is 2. The molecule has 1 N–H and O–H groups in total. The molecule has 3 aromatic rings. The molecule has 9 heteroatoms. The first kappa shape index (κ1) is 21.9. The number of hydrogen-bond donors (Lipinski definition) is 1. The lowest BCUT2D eigenvalue weighted by atomic mass is 10.1. The number of aromatic nitrogens is 3. The van der Waals surface area contributed by atoms with Crippen LogP contribution < -0.4 is 10.1 Å². The van der Waals surface area contributed by atoms with Gasteiger partial charge in [0, 0.05) is 37.7 Å². The van der Waals surface area contributed by atoms with Crippen molar-refractivity contribution >= 4 is 17.1 Å². The molecule has 0 spiro atoms. The molecule has 4 heterocycles. The summed E-state index contributed by atoms with van der Waals surface area (Å²) in [6, 6.07) is 6.31. The average Bonchev–Trinajstić information content (AvgIpc) is 3.24. The van der Waals surface area contributed by atoms with Crippen LogP contribution in [0.25, 0.3) is 28.5 Å². The number of piperidine rings is 1. The molecule has 33 heavy (non-hydrogen) atoms. The topological polar surface area (TPSA) is 70.4 Å². The first-order valence-corrected chi connectivity index (χ1v) is 11.1. The molecule has 1 unspecified atom stereocenters. The lowest BCUT2D eigenvalue weighted by Gasteiger charge is -2.27. The van der Waals surface area contributed by atoms with Gasteiger partial charge in [-0.25, -0.2) is 18.7 Å². The quantitative estimate of drug-likeness (QED) is 0.550. The van der Waals surface area contributed by atoms with E-state index in [1.807, 2.05) is 22.9 Å². The minimum Gasteiger partial charge on any atom is -0.485 e. The SMILES string of the molecule is COCCOC1C=Cn2c(-c3ccc4cc(F)cc(O[C@H]5CCNC[C@@H]5F)c4n3)cnc2C1. The highest BCUT2D eigenvalue weighted by molar-refractivity contribution is 5.86.